The van der Waals surface area contributed by atoms with Crippen molar-refractivity contribution in [2.75, 3.05) is 18.9 Å². The van der Waals surface area contributed by atoms with E-state index in [1.54, 1.807) is 6.07 Å². The predicted molar refractivity (Wildman–Crippen MR) is 84.0 cm³/mol. The third-order valence-corrected chi connectivity index (χ3v) is 4.54. The van der Waals surface area contributed by atoms with Crippen LogP contribution in [0.25, 0.3) is 0 Å². The molecule has 110 valence electrons. The van der Waals surface area contributed by atoms with Crippen molar-refractivity contribution in [2.45, 2.75) is 12.5 Å². The summed E-state index contributed by atoms with van der Waals surface area (Å²) in [4.78, 5) is 25.8. The number of ketones is 1. The lowest BCUT2D eigenvalue weighted by molar-refractivity contribution is -0.112. The molecule has 2 aliphatic rings. The second-order valence-corrected chi connectivity index (χ2v) is 6.00. The minimum atomic E-state index is -0.520. The molecule has 2 aromatic rings. The number of Topliss-reactive ketones (excluding diaryl/α,β-unsaturated/α-hetero) is 1. The van der Waals surface area contributed by atoms with E-state index in [0.29, 0.717) is 11.3 Å². The molecule has 2 heterocycles. The highest BCUT2D eigenvalue weighted by Gasteiger charge is 2.34. The molecular weight excluding hydrogens is 276 g/mol. The molecule has 0 radical (unpaired) electrons. The number of rotatable bonds is 1. The van der Waals surface area contributed by atoms with E-state index in [0.717, 1.165) is 18.7 Å². The molecule has 0 fully saturated rings. The first-order chi connectivity index (χ1) is 10.6. The van der Waals surface area contributed by atoms with E-state index in [9.17, 15) is 9.59 Å². The van der Waals surface area contributed by atoms with Gasteiger partial charge in [-0.25, -0.2) is 0 Å². The van der Waals surface area contributed by atoms with Crippen LogP contribution in [0.15, 0.2) is 42.5 Å². The highest BCUT2D eigenvalue weighted by Crippen LogP contribution is 2.39. The number of hydrogen-bond acceptors (Lipinski definition) is 3. The van der Waals surface area contributed by atoms with E-state index < -0.39 is 11.7 Å². The molecule has 1 N–H and O–H groups in total. The summed E-state index contributed by atoms with van der Waals surface area (Å²) in [5, 5.41) is 2.75. The van der Waals surface area contributed by atoms with Gasteiger partial charge in [-0.1, -0.05) is 36.4 Å². The standard InChI is InChI=1S/C18H16N2O2/c1-20-9-14(11-5-3-2-4-6-11)12-7-8-13-16(15(12)10-20)19-18(22)17(13)21/h2-8,14H,9-10H2,1H3,(H,19,21,22). The van der Waals surface area contributed by atoms with Gasteiger partial charge in [-0.2, -0.15) is 0 Å². The Kier molecular flexibility index (Phi) is 2.87. The van der Waals surface area contributed by atoms with Gasteiger partial charge >= 0.3 is 0 Å². The van der Waals surface area contributed by atoms with Crippen molar-refractivity contribution >= 4 is 17.4 Å². The van der Waals surface area contributed by atoms with Crippen LogP contribution < -0.4 is 5.32 Å². The number of nitrogens with one attached hydrogen (secondary N) is 1. The molecule has 4 rings (SSSR count). The summed E-state index contributed by atoms with van der Waals surface area (Å²) in [5.41, 5.74) is 4.74. The number of carbonyl (C=O) groups excluding carboxylic acids is 2. The lowest BCUT2D eigenvalue weighted by Gasteiger charge is -2.33. The molecule has 0 aliphatic carbocycles. The minimum Gasteiger partial charge on any atom is -0.318 e. The van der Waals surface area contributed by atoms with Gasteiger partial charge in [-0.15, -0.1) is 0 Å². The van der Waals surface area contributed by atoms with Crippen LogP contribution in [0.3, 0.4) is 0 Å². The Morgan fingerprint density at radius 1 is 1.09 bits per heavy atom. The van der Waals surface area contributed by atoms with Crippen molar-refractivity contribution < 1.29 is 9.59 Å². The quantitative estimate of drug-likeness (QED) is 0.821. The van der Waals surface area contributed by atoms with Gasteiger partial charge in [-0.05, 0) is 29.8 Å². The van der Waals surface area contributed by atoms with Crippen LogP contribution in [0.1, 0.15) is 33.0 Å². The van der Waals surface area contributed by atoms with Gasteiger partial charge in [-0.3, -0.25) is 9.59 Å². The summed E-state index contributed by atoms with van der Waals surface area (Å²) in [7, 11) is 2.07. The molecule has 4 nitrogen and oxygen atoms in total. The van der Waals surface area contributed by atoms with Crippen LogP contribution in [-0.2, 0) is 11.3 Å². The number of likely N-dealkylation sites (N-methyl/N-ethyl adjacent to an activating group) is 1. The third kappa shape index (κ3) is 1.88. The molecule has 1 unspecified atom stereocenters. The SMILES string of the molecule is CN1Cc2c(ccc3c2NC(=O)C3=O)C(c2ccccc2)C1. The van der Waals surface area contributed by atoms with Crippen LogP contribution in [0.5, 0.6) is 0 Å². The predicted octanol–water partition coefficient (Wildman–Crippen LogP) is 2.40. The molecule has 2 aromatic carbocycles. The molecule has 2 aliphatic heterocycles. The van der Waals surface area contributed by atoms with E-state index in [2.05, 4.69) is 29.4 Å². The first kappa shape index (κ1) is 13.2. The first-order valence-corrected chi connectivity index (χ1v) is 7.40. The van der Waals surface area contributed by atoms with E-state index >= 15 is 0 Å². The summed E-state index contributed by atoms with van der Waals surface area (Å²) < 4.78 is 0. The number of fused-ring (bicyclic) bond motifs is 3. The highest BCUT2D eigenvalue weighted by atomic mass is 16.2. The van der Waals surface area contributed by atoms with Gasteiger partial charge in [0.1, 0.15) is 0 Å². The van der Waals surface area contributed by atoms with Crippen molar-refractivity contribution in [3.63, 3.8) is 0 Å². The summed E-state index contributed by atoms with van der Waals surface area (Å²) in [5.74, 6) is -0.692. The van der Waals surface area contributed by atoms with Crippen LogP contribution >= 0.6 is 0 Å². The normalized spacial score (nSPS) is 20.5. The Morgan fingerprint density at radius 3 is 2.64 bits per heavy atom. The van der Waals surface area contributed by atoms with E-state index in [1.807, 2.05) is 24.3 Å². The van der Waals surface area contributed by atoms with Gasteiger partial charge < -0.3 is 10.2 Å². The molecule has 0 saturated heterocycles. The summed E-state index contributed by atoms with van der Waals surface area (Å²) in [6.45, 7) is 1.67. The van der Waals surface area contributed by atoms with Crippen molar-refractivity contribution in [3.8, 4) is 0 Å². The minimum absolute atomic E-state index is 0.257. The summed E-state index contributed by atoms with van der Waals surface area (Å²) in [6.07, 6.45) is 0. The first-order valence-electron chi connectivity index (χ1n) is 7.40. The number of benzene rings is 2. The monoisotopic (exact) mass is 292 g/mol. The average molecular weight is 292 g/mol. The number of carbonyl (C=O) groups is 2. The molecular formula is C18H16N2O2. The van der Waals surface area contributed by atoms with Crippen molar-refractivity contribution in [1.82, 2.24) is 4.90 Å². The van der Waals surface area contributed by atoms with E-state index in [4.69, 9.17) is 0 Å². The molecule has 0 bridgehead atoms. The largest absolute Gasteiger partial charge is 0.318 e. The van der Waals surface area contributed by atoms with Gasteiger partial charge in [0.2, 0.25) is 0 Å². The zero-order chi connectivity index (χ0) is 15.3. The van der Waals surface area contributed by atoms with Crippen LogP contribution in [0.4, 0.5) is 5.69 Å². The number of hydrogen-bond donors (Lipinski definition) is 1. The van der Waals surface area contributed by atoms with Gasteiger partial charge in [0.05, 0.1) is 11.3 Å². The Morgan fingerprint density at radius 2 is 1.86 bits per heavy atom. The molecule has 1 amide bonds. The zero-order valence-electron chi connectivity index (χ0n) is 12.3. The smallest absolute Gasteiger partial charge is 0.296 e. The fourth-order valence-corrected chi connectivity index (χ4v) is 3.50. The fraction of sp³-hybridized carbons (Fsp3) is 0.222. The second kappa shape index (κ2) is 4.78. The average Bonchev–Trinajstić information content (AvgIpc) is 2.83. The molecule has 0 aromatic heterocycles. The Bertz CT molecular complexity index is 783. The highest BCUT2D eigenvalue weighted by molar-refractivity contribution is 6.51. The maximum absolute atomic E-state index is 11.9. The van der Waals surface area contributed by atoms with Gasteiger partial charge in [0.25, 0.3) is 11.7 Å². The van der Waals surface area contributed by atoms with E-state index in [1.165, 1.54) is 11.1 Å². The number of amides is 1. The summed E-state index contributed by atoms with van der Waals surface area (Å²) in [6, 6.07) is 14.2. The van der Waals surface area contributed by atoms with Crippen molar-refractivity contribution in [3.05, 3.63) is 64.7 Å². The fourth-order valence-electron chi connectivity index (χ4n) is 3.50. The molecule has 0 saturated carbocycles. The molecule has 4 heteroatoms. The molecule has 22 heavy (non-hydrogen) atoms. The topological polar surface area (TPSA) is 49.4 Å². The zero-order valence-corrected chi connectivity index (χ0v) is 12.3. The Labute approximate surface area is 128 Å². The maximum Gasteiger partial charge on any atom is 0.296 e. The van der Waals surface area contributed by atoms with Crippen LogP contribution in [0, 0.1) is 0 Å². The number of anilines is 1. The van der Waals surface area contributed by atoms with Crippen molar-refractivity contribution in [1.29, 1.82) is 0 Å². The number of nitrogens with zero attached hydrogens (tertiary/aromatic N) is 1. The van der Waals surface area contributed by atoms with E-state index in [-0.39, 0.29) is 5.92 Å². The summed E-state index contributed by atoms with van der Waals surface area (Å²) >= 11 is 0. The maximum atomic E-state index is 11.9. The Hall–Kier alpha value is -2.46. The molecule has 1 atom stereocenters. The van der Waals surface area contributed by atoms with Crippen LogP contribution in [0.2, 0.25) is 0 Å². The Balaban J connectivity index is 1.88. The second-order valence-electron chi connectivity index (χ2n) is 6.00. The van der Waals surface area contributed by atoms with Gasteiger partial charge in [0, 0.05) is 19.0 Å². The third-order valence-electron chi connectivity index (χ3n) is 4.54. The lowest BCUT2D eigenvalue weighted by Crippen LogP contribution is -2.31. The lowest BCUT2D eigenvalue weighted by atomic mass is 9.83. The van der Waals surface area contributed by atoms with Crippen LogP contribution in [-0.4, -0.2) is 30.2 Å². The van der Waals surface area contributed by atoms with Crippen molar-refractivity contribution in [2.24, 2.45) is 0 Å². The van der Waals surface area contributed by atoms with Gasteiger partial charge in [0.15, 0.2) is 0 Å². The molecule has 0 spiro atoms.